The van der Waals surface area contributed by atoms with E-state index in [-0.39, 0.29) is 12.6 Å². The molecule has 1 aliphatic rings. The summed E-state index contributed by atoms with van der Waals surface area (Å²) in [5.41, 5.74) is 2.19. The SMILES string of the molecule is O=C(NCc1ccccc1)NCC1(O)CCCc2ccccc21. The summed E-state index contributed by atoms with van der Waals surface area (Å²) < 4.78 is 0. The van der Waals surface area contributed by atoms with Crippen molar-refractivity contribution in [2.45, 2.75) is 31.4 Å². The monoisotopic (exact) mass is 310 g/mol. The summed E-state index contributed by atoms with van der Waals surface area (Å²) in [5, 5.41) is 16.5. The summed E-state index contributed by atoms with van der Waals surface area (Å²) in [6, 6.07) is 17.4. The van der Waals surface area contributed by atoms with Gasteiger partial charge in [-0.05, 0) is 36.0 Å². The number of amides is 2. The van der Waals surface area contributed by atoms with Crippen molar-refractivity contribution in [3.63, 3.8) is 0 Å². The largest absolute Gasteiger partial charge is 0.383 e. The first-order chi connectivity index (χ1) is 11.2. The minimum absolute atomic E-state index is 0.227. The number of rotatable bonds is 4. The van der Waals surface area contributed by atoms with Gasteiger partial charge in [0.1, 0.15) is 5.60 Å². The van der Waals surface area contributed by atoms with Crippen LogP contribution in [0, 0.1) is 0 Å². The molecule has 0 saturated heterocycles. The van der Waals surface area contributed by atoms with Crippen molar-refractivity contribution < 1.29 is 9.90 Å². The second-order valence-electron chi connectivity index (χ2n) is 6.06. The molecule has 2 aromatic rings. The van der Waals surface area contributed by atoms with Gasteiger partial charge in [-0.25, -0.2) is 4.79 Å². The first-order valence-corrected chi connectivity index (χ1v) is 8.04. The second-order valence-corrected chi connectivity index (χ2v) is 6.06. The number of carbonyl (C=O) groups excluding carboxylic acids is 1. The number of nitrogens with one attached hydrogen (secondary N) is 2. The molecule has 1 atom stereocenters. The Morgan fingerprint density at radius 2 is 1.78 bits per heavy atom. The maximum absolute atomic E-state index is 12.0. The Labute approximate surface area is 136 Å². The van der Waals surface area contributed by atoms with Gasteiger partial charge in [0.05, 0.1) is 6.54 Å². The van der Waals surface area contributed by atoms with Crippen LogP contribution in [0.2, 0.25) is 0 Å². The van der Waals surface area contributed by atoms with Crippen molar-refractivity contribution in [1.82, 2.24) is 10.6 Å². The van der Waals surface area contributed by atoms with E-state index in [0.717, 1.165) is 24.0 Å². The molecule has 1 unspecified atom stereocenters. The fraction of sp³-hybridized carbons (Fsp3) is 0.316. The maximum atomic E-state index is 12.0. The third-order valence-electron chi connectivity index (χ3n) is 4.39. The maximum Gasteiger partial charge on any atom is 0.315 e. The van der Waals surface area contributed by atoms with E-state index < -0.39 is 5.60 Å². The Balaban J connectivity index is 1.57. The lowest BCUT2D eigenvalue weighted by atomic mass is 9.79. The molecule has 0 saturated carbocycles. The summed E-state index contributed by atoms with van der Waals surface area (Å²) >= 11 is 0. The molecule has 3 N–H and O–H groups in total. The van der Waals surface area contributed by atoms with Crippen LogP contribution in [0.15, 0.2) is 54.6 Å². The van der Waals surface area contributed by atoms with E-state index in [4.69, 9.17) is 0 Å². The molecule has 4 heteroatoms. The molecular weight excluding hydrogens is 288 g/mol. The first kappa shape index (κ1) is 15.6. The van der Waals surface area contributed by atoms with Crippen LogP contribution in [0.5, 0.6) is 0 Å². The minimum Gasteiger partial charge on any atom is -0.383 e. The molecule has 0 radical (unpaired) electrons. The topological polar surface area (TPSA) is 61.4 Å². The van der Waals surface area contributed by atoms with Crippen LogP contribution in [-0.2, 0) is 18.6 Å². The zero-order chi connectivity index (χ0) is 16.1. The quantitative estimate of drug-likeness (QED) is 0.813. The van der Waals surface area contributed by atoms with Crippen LogP contribution in [-0.4, -0.2) is 17.7 Å². The van der Waals surface area contributed by atoms with Gasteiger partial charge in [-0.15, -0.1) is 0 Å². The predicted molar refractivity (Wildman–Crippen MR) is 90.0 cm³/mol. The van der Waals surface area contributed by atoms with E-state index in [0.29, 0.717) is 13.0 Å². The van der Waals surface area contributed by atoms with Gasteiger partial charge in [0.2, 0.25) is 0 Å². The zero-order valence-electron chi connectivity index (χ0n) is 13.1. The third kappa shape index (κ3) is 3.71. The van der Waals surface area contributed by atoms with Gasteiger partial charge < -0.3 is 15.7 Å². The normalized spacial score (nSPS) is 19.7. The molecule has 0 aromatic heterocycles. The van der Waals surface area contributed by atoms with Crippen LogP contribution in [0.4, 0.5) is 4.79 Å². The number of fused-ring (bicyclic) bond motifs is 1. The van der Waals surface area contributed by atoms with Crippen LogP contribution >= 0.6 is 0 Å². The summed E-state index contributed by atoms with van der Waals surface area (Å²) in [6.07, 6.45) is 2.59. The van der Waals surface area contributed by atoms with Crippen LogP contribution in [0.25, 0.3) is 0 Å². The number of hydrogen-bond donors (Lipinski definition) is 3. The zero-order valence-corrected chi connectivity index (χ0v) is 13.1. The molecule has 120 valence electrons. The van der Waals surface area contributed by atoms with Crippen LogP contribution in [0.1, 0.15) is 29.5 Å². The fourth-order valence-electron chi connectivity index (χ4n) is 3.15. The lowest BCUT2D eigenvalue weighted by Crippen LogP contribution is -2.46. The van der Waals surface area contributed by atoms with Gasteiger partial charge in [-0.2, -0.15) is 0 Å². The average Bonchev–Trinajstić information content (AvgIpc) is 2.60. The van der Waals surface area contributed by atoms with E-state index in [2.05, 4.69) is 16.7 Å². The van der Waals surface area contributed by atoms with Crippen molar-refractivity contribution in [3.8, 4) is 0 Å². The number of urea groups is 1. The molecule has 0 spiro atoms. The van der Waals surface area contributed by atoms with Crippen molar-refractivity contribution in [2.75, 3.05) is 6.54 Å². The number of carbonyl (C=O) groups is 1. The van der Waals surface area contributed by atoms with Crippen molar-refractivity contribution >= 4 is 6.03 Å². The Hall–Kier alpha value is -2.33. The number of hydrogen-bond acceptors (Lipinski definition) is 2. The first-order valence-electron chi connectivity index (χ1n) is 8.04. The van der Waals surface area contributed by atoms with Gasteiger partial charge in [-0.3, -0.25) is 0 Å². The molecule has 2 aromatic carbocycles. The Kier molecular flexibility index (Phi) is 4.63. The molecule has 1 aliphatic carbocycles. The van der Waals surface area contributed by atoms with Gasteiger partial charge in [0.25, 0.3) is 0 Å². The summed E-state index contributed by atoms with van der Waals surface area (Å²) in [7, 11) is 0. The Bertz CT molecular complexity index is 672. The standard InChI is InChI=1S/C19H22N2O2/c22-18(20-13-15-7-2-1-3-8-15)21-14-19(23)12-6-10-16-9-4-5-11-17(16)19/h1-5,7-9,11,23H,6,10,12-14H2,(H2,20,21,22). The van der Waals surface area contributed by atoms with Gasteiger partial charge >= 0.3 is 6.03 Å². The molecule has 0 aliphatic heterocycles. The van der Waals surface area contributed by atoms with Crippen molar-refractivity contribution in [1.29, 1.82) is 0 Å². The summed E-state index contributed by atoms with van der Waals surface area (Å²) in [5.74, 6) is 0. The molecular formula is C19H22N2O2. The molecule has 2 amide bonds. The lowest BCUT2D eigenvalue weighted by Gasteiger charge is -2.34. The summed E-state index contributed by atoms with van der Waals surface area (Å²) in [4.78, 5) is 12.0. The van der Waals surface area contributed by atoms with Gasteiger partial charge in [-0.1, -0.05) is 54.6 Å². The lowest BCUT2D eigenvalue weighted by molar-refractivity contribution is 0.0217. The third-order valence-corrected chi connectivity index (χ3v) is 4.39. The molecule has 4 nitrogen and oxygen atoms in total. The number of aliphatic hydroxyl groups is 1. The van der Waals surface area contributed by atoms with Gasteiger partial charge in [0, 0.05) is 6.54 Å². The molecule has 0 bridgehead atoms. The molecule has 0 fully saturated rings. The highest BCUT2D eigenvalue weighted by atomic mass is 16.3. The Morgan fingerprint density at radius 3 is 2.61 bits per heavy atom. The molecule has 3 rings (SSSR count). The fourth-order valence-corrected chi connectivity index (χ4v) is 3.15. The minimum atomic E-state index is -0.973. The second kappa shape index (κ2) is 6.84. The molecule has 23 heavy (non-hydrogen) atoms. The summed E-state index contributed by atoms with van der Waals surface area (Å²) in [6.45, 7) is 0.701. The predicted octanol–water partition coefficient (Wildman–Crippen LogP) is 2.71. The number of aryl methyl sites for hydroxylation is 1. The highest BCUT2D eigenvalue weighted by Crippen LogP contribution is 2.34. The van der Waals surface area contributed by atoms with E-state index >= 15 is 0 Å². The van der Waals surface area contributed by atoms with E-state index in [9.17, 15) is 9.90 Å². The van der Waals surface area contributed by atoms with Crippen LogP contribution in [0.3, 0.4) is 0 Å². The van der Waals surface area contributed by atoms with E-state index in [1.807, 2.05) is 48.5 Å². The average molecular weight is 310 g/mol. The highest BCUT2D eigenvalue weighted by Gasteiger charge is 2.34. The van der Waals surface area contributed by atoms with Crippen molar-refractivity contribution in [3.05, 3.63) is 71.3 Å². The van der Waals surface area contributed by atoms with Crippen molar-refractivity contribution in [2.24, 2.45) is 0 Å². The smallest absolute Gasteiger partial charge is 0.315 e. The molecule has 0 heterocycles. The Morgan fingerprint density at radius 1 is 1.04 bits per heavy atom. The van der Waals surface area contributed by atoms with Gasteiger partial charge in [0.15, 0.2) is 0 Å². The highest BCUT2D eigenvalue weighted by molar-refractivity contribution is 5.74. The van der Waals surface area contributed by atoms with E-state index in [1.165, 1.54) is 5.56 Å². The van der Waals surface area contributed by atoms with Crippen LogP contribution < -0.4 is 10.6 Å². The number of benzene rings is 2. The van der Waals surface area contributed by atoms with E-state index in [1.54, 1.807) is 0 Å².